The Morgan fingerprint density at radius 1 is 1.18 bits per heavy atom. The summed E-state index contributed by atoms with van der Waals surface area (Å²) in [5.41, 5.74) is 2.06. The summed E-state index contributed by atoms with van der Waals surface area (Å²) in [6, 6.07) is 11.2. The maximum absolute atomic E-state index is 14.0. The molecule has 2 aliphatic rings. The summed E-state index contributed by atoms with van der Waals surface area (Å²) in [5, 5.41) is 9.86. The van der Waals surface area contributed by atoms with E-state index in [1.807, 2.05) is 19.1 Å². The molecule has 3 aromatic rings. The van der Waals surface area contributed by atoms with E-state index in [2.05, 4.69) is 15.7 Å². The lowest BCUT2D eigenvalue weighted by molar-refractivity contribution is -0.173. The number of carbonyl (C=O) groups is 1. The molecular weight excluding hydrogens is 437 g/mol. The number of anilines is 2. The normalized spacial score (nSPS) is 19.0. The molecule has 0 unspecified atom stereocenters. The Hall–Kier alpha value is -3.69. The molecule has 0 bridgehead atoms. The Labute approximate surface area is 187 Å². The highest BCUT2D eigenvalue weighted by atomic mass is 19.4. The average Bonchev–Trinajstić information content (AvgIpc) is 3.44. The zero-order valence-corrected chi connectivity index (χ0v) is 17.6. The second kappa shape index (κ2) is 8.02. The number of nitrogens with zero attached hydrogens (tertiary/aromatic N) is 2. The molecule has 1 amide bonds. The number of benzene rings is 2. The molecule has 2 atom stereocenters. The minimum Gasteiger partial charge on any atom is -0.454 e. The van der Waals surface area contributed by atoms with Gasteiger partial charge in [-0.05, 0) is 35.7 Å². The van der Waals surface area contributed by atoms with Gasteiger partial charge in [-0.2, -0.15) is 18.3 Å². The van der Waals surface area contributed by atoms with Crippen molar-refractivity contribution >= 4 is 17.4 Å². The molecule has 2 N–H and O–H groups in total. The third-order valence-electron chi connectivity index (χ3n) is 5.87. The number of alkyl halides is 3. The summed E-state index contributed by atoms with van der Waals surface area (Å²) in [6.45, 7) is 2.03. The van der Waals surface area contributed by atoms with Crippen molar-refractivity contribution < 1.29 is 27.4 Å². The fraction of sp³-hybridized carbons (Fsp3) is 0.304. The lowest BCUT2D eigenvalue weighted by Crippen LogP contribution is -2.35. The van der Waals surface area contributed by atoms with Crippen molar-refractivity contribution in [2.45, 2.75) is 38.0 Å². The number of amides is 1. The number of halogens is 3. The van der Waals surface area contributed by atoms with Gasteiger partial charge in [0.2, 0.25) is 6.79 Å². The molecule has 0 saturated heterocycles. The average molecular weight is 458 g/mol. The molecule has 172 valence electrons. The first-order chi connectivity index (χ1) is 15.8. The number of rotatable bonds is 4. The van der Waals surface area contributed by atoms with Gasteiger partial charge in [-0.1, -0.05) is 31.2 Å². The summed E-state index contributed by atoms with van der Waals surface area (Å²) >= 11 is 0. The number of aromatic nitrogens is 2. The van der Waals surface area contributed by atoms with Gasteiger partial charge >= 0.3 is 6.18 Å². The highest BCUT2D eigenvalue weighted by Gasteiger charge is 2.47. The second-order valence-electron chi connectivity index (χ2n) is 7.93. The van der Waals surface area contributed by atoms with E-state index in [0.29, 0.717) is 29.2 Å². The highest BCUT2D eigenvalue weighted by molar-refractivity contribution is 6.03. The van der Waals surface area contributed by atoms with Crippen LogP contribution in [0.25, 0.3) is 0 Å². The fourth-order valence-electron chi connectivity index (χ4n) is 4.17. The van der Waals surface area contributed by atoms with Crippen LogP contribution in [-0.4, -0.2) is 28.7 Å². The molecule has 0 spiro atoms. The Kier molecular flexibility index (Phi) is 5.15. The first-order valence-corrected chi connectivity index (χ1v) is 10.5. The van der Waals surface area contributed by atoms with Crippen LogP contribution in [-0.2, 0) is 6.42 Å². The quantitative estimate of drug-likeness (QED) is 0.570. The monoisotopic (exact) mass is 458 g/mol. The molecule has 2 aromatic carbocycles. The van der Waals surface area contributed by atoms with Gasteiger partial charge in [0.1, 0.15) is 5.82 Å². The summed E-state index contributed by atoms with van der Waals surface area (Å²) in [5.74, 6) is 0.602. The fourth-order valence-corrected chi connectivity index (χ4v) is 4.17. The summed E-state index contributed by atoms with van der Waals surface area (Å²) in [6.07, 6.45) is -4.12. The molecule has 10 heteroatoms. The van der Waals surface area contributed by atoms with Crippen LogP contribution < -0.4 is 20.1 Å². The Bertz CT molecular complexity index is 1210. The van der Waals surface area contributed by atoms with Crippen LogP contribution in [0.5, 0.6) is 11.5 Å². The van der Waals surface area contributed by atoms with Gasteiger partial charge in [0.25, 0.3) is 5.91 Å². The van der Waals surface area contributed by atoms with E-state index in [1.165, 1.54) is 6.07 Å². The van der Waals surface area contributed by atoms with E-state index in [-0.39, 0.29) is 24.7 Å². The highest BCUT2D eigenvalue weighted by Crippen LogP contribution is 2.45. The van der Waals surface area contributed by atoms with Crippen molar-refractivity contribution in [1.29, 1.82) is 0 Å². The number of hydrogen-bond donors (Lipinski definition) is 2. The van der Waals surface area contributed by atoms with E-state index < -0.39 is 24.2 Å². The van der Waals surface area contributed by atoms with Gasteiger partial charge in [0.05, 0.1) is 6.04 Å². The van der Waals surface area contributed by atoms with Gasteiger partial charge in [0.15, 0.2) is 23.2 Å². The molecular formula is C23H21F3N4O3. The van der Waals surface area contributed by atoms with Crippen LogP contribution in [0.15, 0.2) is 48.5 Å². The van der Waals surface area contributed by atoms with E-state index >= 15 is 0 Å². The van der Waals surface area contributed by atoms with Crippen LogP contribution in [0.2, 0.25) is 0 Å². The van der Waals surface area contributed by atoms with Crippen LogP contribution in [0.3, 0.4) is 0 Å². The number of hydrogen-bond acceptors (Lipinski definition) is 5. The number of aryl methyl sites for hydroxylation is 1. The molecule has 0 fully saturated rings. The molecule has 0 radical (unpaired) electrons. The van der Waals surface area contributed by atoms with Gasteiger partial charge < -0.3 is 20.1 Å². The Balaban J connectivity index is 1.45. The van der Waals surface area contributed by atoms with E-state index in [9.17, 15) is 18.0 Å². The third kappa shape index (κ3) is 3.96. The van der Waals surface area contributed by atoms with Gasteiger partial charge in [-0.15, -0.1) is 0 Å². The predicted octanol–water partition coefficient (Wildman–Crippen LogP) is 5.09. The van der Waals surface area contributed by atoms with Crippen molar-refractivity contribution in [2.75, 3.05) is 17.4 Å². The number of nitrogens with one attached hydrogen (secondary N) is 2. The van der Waals surface area contributed by atoms with E-state index in [0.717, 1.165) is 10.2 Å². The van der Waals surface area contributed by atoms with Crippen molar-refractivity contribution in [1.82, 2.24) is 9.78 Å². The van der Waals surface area contributed by atoms with Gasteiger partial charge in [0, 0.05) is 18.2 Å². The van der Waals surface area contributed by atoms with Crippen LogP contribution in [0.1, 0.15) is 47.0 Å². The molecule has 5 rings (SSSR count). The number of ether oxygens (including phenoxy) is 2. The van der Waals surface area contributed by atoms with Gasteiger partial charge in [-0.25, -0.2) is 4.68 Å². The number of fused-ring (bicyclic) bond motifs is 2. The lowest BCUT2D eigenvalue weighted by atomic mass is 9.96. The zero-order chi connectivity index (χ0) is 23.2. The molecule has 0 saturated carbocycles. The molecule has 33 heavy (non-hydrogen) atoms. The molecule has 7 nitrogen and oxygen atoms in total. The minimum absolute atomic E-state index is 0.0778. The van der Waals surface area contributed by atoms with Crippen molar-refractivity contribution in [3.63, 3.8) is 0 Å². The first-order valence-electron chi connectivity index (χ1n) is 10.5. The van der Waals surface area contributed by atoms with Crippen molar-refractivity contribution in [2.24, 2.45) is 0 Å². The molecule has 3 heterocycles. The molecule has 1 aromatic heterocycles. The zero-order valence-electron chi connectivity index (χ0n) is 17.6. The van der Waals surface area contributed by atoms with Crippen LogP contribution in [0, 0.1) is 0 Å². The smallest absolute Gasteiger partial charge is 0.410 e. The SMILES string of the molecule is CCc1ccccc1NC(=O)c1cc2n(n1)[C@H](C(F)(F)F)C[C@@H](c1ccc3c(c1)OCO3)N2. The first kappa shape index (κ1) is 21.2. The summed E-state index contributed by atoms with van der Waals surface area (Å²) in [4.78, 5) is 12.8. The second-order valence-corrected chi connectivity index (χ2v) is 7.93. The van der Waals surface area contributed by atoms with E-state index in [4.69, 9.17) is 9.47 Å². The maximum atomic E-state index is 14.0. The van der Waals surface area contributed by atoms with E-state index in [1.54, 1.807) is 30.3 Å². The number of carbonyl (C=O) groups excluding carboxylic acids is 1. The summed E-state index contributed by atoms with van der Waals surface area (Å²) < 4.78 is 53.4. The van der Waals surface area contributed by atoms with Gasteiger partial charge in [-0.3, -0.25) is 4.79 Å². The third-order valence-corrected chi connectivity index (χ3v) is 5.87. The molecule has 0 aliphatic carbocycles. The van der Waals surface area contributed by atoms with Crippen molar-refractivity contribution in [3.05, 3.63) is 65.4 Å². The summed E-state index contributed by atoms with van der Waals surface area (Å²) in [7, 11) is 0. The van der Waals surface area contributed by atoms with Crippen LogP contribution in [0.4, 0.5) is 24.7 Å². The lowest BCUT2D eigenvalue weighted by Gasteiger charge is -2.33. The topological polar surface area (TPSA) is 77.4 Å². The molecule has 2 aliphatic heterocycles. The van der Waals surface area contributed by atoms with Crippen LogP contribution >= 0.6 is 0 Å². The Morgan fingerprint density at radius 3 is 2.76 bits per heavy atom. The predicted molar refractivity (Wildman–Crippen MR) is 115 cm³/mol. The Morgan fingerprint density at radius 2 is 1.97 bits per heavy atom. The maximum Gasteiger partial charge on any atom is 0.410 e. The minimum atomic E-state index is -4.54. The number of para-hydroxylation sites is 1. The largest absolute Gasteiger partial charge is 0.454 e. The standard InChI is InChI=1S/C23H21F3N4O3/c1-2-13-5-3-4-6-15(13)28-22(31)17-11-21-27-16(10-20(23(24,25)26)30(21)29-17)14-7-8-18-19(9-14)33-12-32-18/h3-9,11,16,20,27H,2,10,12H2,1H3,(H,28,31)/t16-,20-/m0/s1. The van der Waals surface area contributed by atoms with Crippen molar-refractivity contribution in [3.8, 4) is 11.5 Å².